The zero-order valence-electron chi connectivity index (χ0n) is 16.2. The molecule has 0 aliphatic carbocycles. The molecule has 1 N–H and O–H groups in total. The maximum Gasteiger partial charge on any atom is 0.317 e. The zero-order valence-corrected chi connectivity index (χ0v) is 16.2. The van der Waals surface area contributed by atoms with Crippen molar-refractivity contribution < 1.29 is 9.53 Å². The maximum atomic E-state index is 12.9. The number of urea groups is 1. The van der Waals surface area contributed by atoms with E-state index in [4.69, 9.17) is 4.74 Å². The van der Waals surface area contributed by atoms with E-state index in [0.29, 0.717) is 26.2 Å². The summed E-state index contributed by atoms with van der Waals surface area (Å²) < 4.78 is 5.78. The first kappa shape index (κ1) is 18.7. The lowest BCUT2D eigenvalue weighted by atomic mass is 10.0. The molecule has 2 aliphatic heterocycles. The average molecular weight is 380 g/mol. The number of para-hydroxylation sites is 1. The van der Waals surface area contributed by atoms with Crippen molar-refractivity contribution in [1.82, 2.24) is 20.1 Å². The topological polar surface area (TPSA) is 57.7 Å². The molecular weight excluding hydrogens is 352 g/mol. The van der Waals surface area contributed by atoms with E-state index in [1.165, 1.54) is 19.3 Å². The second kappa shape index (κ2) is 9.06. The van der Waals surface area contributed by atoms with E-state index in [-0.39, 0.29) is 12.1 Å². The Morgan fingerprint density at radius 1 is 1.11 bits per heavy atom. The molecule has 6 heteroatoms. The lowest BCUT2D eigenvalue weighted by Gasteiger charge is -2.35. The standard InChI is InChI=1S/C22H28N4O2/c27-22(26-13-14-28-21-9-3-2-7-19(21)17-26)24-16-20(18-8-6-10-23-15-18)25-11-4-1-5-12-25/h2-3,6-10,15,20H,1,4-5,11-14,16-17H2,(H,24,27)/t20-/m1/s1. The van der Waals surface area contributed by atoms with Gasteiger partial charge in [-0.1, -0.05) is 30.7 Å². The Hall–Kier alpha value is -2.60. The normalized spacial score (nSPS) is 18.5. The van der Waals surface area contributed by atoms with Crippen LogP contribution < -0.4 is 10.1 Å². The Morgan fingerprint density at radius 3 is 2.79 bits per heavy atom. The summed E-state index contributed by atoms with van der Waals surface area (Å²) >= 11 is 0. The van der Waals surface area contributed by atoms with Crippen LogP contribution in [0.5, 0.6) is 5.75 Å². The number of ether oxygens (including phenoxy) is 1. The number of likely N-dealkylation sites (tertiary alicyclic amines) is 1. The third-order valence-electron chi connectivity index (χ3n) is 5.59. The van der Waals surface area contributed by atoms with Crippen molar-refractivity contribution in [2.75, 3.05) is 32.8 Å². The Labute approximate surface area is 166 Å². The number of benzene rings is 1. The Bertz CT molecular complexity index is 777. The van der Waals surface area contributed by atoms with Crippen LogP contribution in [0, 0.1) is 0 Å². The van der Waals surface area contributed by atoms with Crippen LogP contribution in [0.1, 0.15) is 36.4 Å². The fourth-order valence-corrected chi connectivity index (χ4v) is 4.06. The Morgan fingerprint density at radius 2 is 1.96 bits per heavy atom. The van der Waals surface area contributed by atoms with E-state index in [0.717, 1.165) is 30.0 Å². The van der Waals surface area contributed by atoms with Gasteiger partial charge in [-0.2, -0.15) is 0 Å². The van der Waals surface area contributed by atoms with Crippen LogP contribution in [-0.4, -0.2) is 53.6 Å². The summed E-state index contributed by atoms with van der Waals surface area (Å²) in [6.07, 6.45) is 7.43. The van der Waals surface area contributed by atoms with Crippen molar-refractivity contribution in [2.45, 2.75) is 31.8 Å². The molecule has 4 rings (SSSR count). The smallest absolute Gasteiger partial charge is 0.317 e. The molecule has 0 spiro atoms. The minimum atomic E-state index is -0.0359. The number of nitrogens with zero attached hydrogens (tertiary/aromatic N) is 3. The molecular formula is C22H28N4O2. The molecule has 0 saturated carbocycles. The van der Waals surface area contributed by atoms with Gasteiger partial charge in [-0.25, -0.2) is 4.79 Å². The fraction of sp³-hybridized carbons (Fsp3) is 0.455. The van der Waals surface area contributed by atoms with E-state index in [9.17, 15) is 4.79 Å². The predicted molar refractivity (Wildman–Crippen MR) is 108 cm³/mol. The highest BCUT2D eigenvalue weighted by Gasteiger charge is 2.25. The minimum absolute atomic E-state index is 0.0359. The first-order valence-corrected chi connectivity index (χ1v) is 10.2. The molecule has 2 amide bonds. The average Bonchev–Trinajstić information content (AvgIpc) is 2.98. The van der Waals surface area contributed by atoms with Crippen molar-refractivity contribution in [2.24, 2.45) is 0 Å². The lowest BCUT2D eigenvalue weighted by molar-refractivity contribution is 0.152. The predicted octanol–water partition coefficient (Wildman–Crippen LogP) is 3.21. The van der Waals surface area contributed by atoms with E-state index in [1.807, 2.05) is 41.4 Å². The number of piperidine rings is 1. The van der Waals surface area contributed by atoms with Crippen LogP contribution in [0.2, 0.25) is 0 Å². The largest absolute Gasteiger partial charge is 0.491 e. The molecule has 3 heterocycles. The van der Waals surface area contributed by atoms with Crippen LogP contribution in [0.3, 0.4) is 0 Å². The number of nitrogens with one attached hydrogen (secondary N) is 1. The van der Waals surface area contributed by atoms with Gasteiger partial charge in [0.2, 0.25) is 0 Å². The van der Waals surface area contributed by atoms with Gasteiger partial charge < -0.3 is 15.0 Å². The van der Waals surface area contributed by atoms with Gasteiger partial charge >= 0.3 is 6.03 Å². The van der Waals surface area contributed by atoms with Crippen LogP contribution in [0.15, 0.2) is 48.8 Å². The molecule has 1 aromatic carbocycles. The highest BCUT2D eigenvalue weighted by Crippen LogP contribution is 2.25. The van der Waals surface area contributed by atoms with E-state index >= 15 is 0 Å². The highest BCUT2D eigenvalue weighted by atomic mass is 16.5. The zero-order chi connectivity index (χ0) is 19.2. The minimum Gasteiger partial charge on any atom is -0.491 e. The van der Waals surface area contributed by atoms with Crippen molar-refractivity contribution in [3.63, 3.8) is 0 Å². The molecule has 0 radical (unpaired) electrons. The molecule has 28 heavy (non-hydrogen) atoms. The third-order valence-corrected chi connectivity index (χ3v) is 5.59. The van der Waals surface area contributed by atoms with Crippen molar-refractivity contribution in [3.8, 4) is 5.75 Å². The van der Waals surface area contributed by atoms with Gasteiger partial charge in [0.25, 0.3) is 0 Å². The van der Waals surface area contributed by atoms with Gasteiger partial charge in [0.1, 0.15) is 12.4 Å². The summed E-state index contributed by atoms with van der Waals surface area (Å²) in [5, 5.41) is 3.17. The van der Waals surface area contributed by atoms with Crippen LogP contribution in [0.4, 0.5) is 4.79 Å². The van der Waals surface area contributed by atoms with Crippen LogP contribution in [-0.2, 0) is 6.54 Å². The van der Waals surface area contributed by atoms with Gasteiger partial charge in [0.15, 0.2) is 0 Å². The van der Waals surface area contributed by atoms with E-state index in [2.05, 4.69) is 21.3 Å². The quantitative estimate of drug-likeness (QED) is 0.885. The summed E-state index contributed by atoms with van der Waals surface area (Å²) in [4.78, 5) is 21.5. The summed E-state index contributed by atoms with van der Waals surface area (Å²) in [7, 11) is 0. The van der Waals surface area contributed by atoms with Crippen molar-refractivity contribution in [1.29, 1.82) is 0 Å². The van der Waals surface area contributed by atoms with Gasteiger partial charge in [0.05, 0.1) is 19.1 Å². The van der Waals surface area contributed by atoms with E-state index < -0.39 is 0 Å². The first-order chi connectivity index (χ1) is 13.8. The first-order valence-electron chi connectivity index (χ1n) is 10.2. The second-order valence-electron chi connectivity index (χ2n) is 7.46. The molecule has 0 unspecified atom stereocenters. The molecule has 1 saturated heterocycles. The monoisotopic (exact) mass is 380 g/mol. The number of hydrogen-bond donors (Lipinski definition) is 1. The van der Waals surface area contributed by atoms with Crippen LogP contribution in [0.25, 0.3) is 0 Å². The Kier molecular flexibility index (Phi) is 6.07. The highest BCUT2D eigenvalue weighted by molar-refractivity contribution is 5.74. The molecule has 1 atom stereocenters. The number of aromatic nitrogens is 1. The van der Waals surface area contributed by atoms with Crippen molar-refractivity contribution in [3.05, 3.63) is 59.9 Å². The molecule has 148 valence electrons. The number of carbonyl (C=O) groups is 1. The number of hydrogen-bond acceptors (Lipinski definition) is 4. The summed E-state index contributed by atoms with van der Waals surface area (Å²) in [5.41, 5.74) is 2.21. The number of fused-ring (bicyclic) bond motifs is 1. The number of rotatable bonds is 4. The molecule has 1 aromatic heterocycles. The van der Waals surface area contributed by atoms with Crippen molar-refractivity contribution >= 4 is 6.03 Å². The van der Waals surface area contributed by atoms with Gasteiger partial charge in [-0.3, -0.25) is 9.88 Å². The molecule has 1 fully saturated rings. The number of amides is 2. The molecule has 0 bridgehead atoms. The summed E-state index contributed by atoms with van der Waals surface area (Å²) in [5.74, 6) is 0.874. The van der Waals surface area contributed by atoms with Gasteiger partial charge in [0, 0.05) is 24.5 Å². The van der Waals surface area contributed by atoms with Gasteiger partial charge in [-0.05, 0) is 43.6 Å². The third kappa shape index (κ3) is 4.44. The maximum absolute atomic E-state index is 12.9. The second-order valence-corrected chi connectivity index (χ2v) is 7.46. The summed E-state index contributed by atoms with van der Waals surface area (Å²) in [6, 6.07) is 12.1. The fourth-order valence-electron chi connectivity index (χ4n) is 4.06. The molecule has 2 aromatic rings. The lowest BCUT2D eigenvalue weighted by Crippen LogP contribution is -2.45. The number of pyridine rings is 1. The van der Waals surface area contributed by atoms with Gasteiger partial charge in [-0.15, -0.1) is 0 Å². The molecule has 2 aliphatic rings. The SMILES string of the molecule is O=C(NC[C@H](c1cccnc1)N1CCCCC1)N1CCOc2ccccc2C1. The summed E-state index contributed by atoms with van der Waals surface area (Å²) in [6.45, 7) is 4.40. The molecule has 6 nitrogen and oxygen atoms in total. The van der Waals surface area contributed by atoms with Crippen LogP contribution >= 0.6 is 0 Å². The number of carbonyl (C=O) groups excluding carboxylic acids is 1. The van der Waals surface area contributed by atoms with E-state index in [1.54, 1.807) is 6.20 Å². The Balaban J connectivity index is 1.42.